The van der Waals surface area contributed by atoms with E-state index in [0.29, 0.717) is 0 Å². The number of fused-ring (bicyclic) bond motifs is 1. The third-order valence-corrected chi connectivity index (χ3v) is 2.95. The van der Waals surface area contributed by atoms with Crippen LogP contribution in [0.4, 0.5) is 23.2 Å². The van der Waals surface area contributed by atoms with E-state index in [4.69, 9.17) is 11.6 Å². The third-order valence-electron chi connectivity index (χ3n) is 2.64. The molecule has 1 aromatic carbocycles. The minimum Gasteiger partial charge on any atom is -0.325 e. The number of hydrogen-bond acceptors (Lipinski definition) is 2. The van der Waals surface area contributed by atoms with Gasteiger partial charge in [0.15, 0.2) is 0 Å². The van der Waals surface area contributed by atoms with Gasteiger partial charge in [-0.3, -0.25) is 9.59 Å². The second kappa shape index (κ2) is 4.48. The zero-order chi connectivity index (χ0) is 14.4. The second-order valence-electron chi connectivity index (χ2n) is 3.97. The van der Waals surface area contributed by atoms with Gasteiger partial charge in [0, 0.05) is 11.3 Å². The minimum atomic E-state index is -4.81. The van der Waals surface area contributed by atoms with E-state index in [-0.39, 0.29) is 17.7 Å². The molecule has 8 heteroatoms. The average Bonchev–Trinajstić information content (AvgIpc) is 2.65. The molecule has 3 nitrogen and oxygen atoms in total. The van der Waals surface area contributed by atoms with Gasteiger partial charge in [-0.15, -0.1) is 0 Å². The summed E-state index contributed by atoms with van der Waals surface area (Å²) in [5.41, 5.74) is -0.169. The topological polar surface area (TPSA) is 46.2 Å². The summed E-state index contributed by atoms with van der Waals surface area (Å²) in [4.78, 5) is 22.5. The number of anilines is 1. The van der Waals surface area contributed by atoms with E-state index >= 15 is 0 Å². The number of carbonyl (C=O) groups is 2. The molecule has 0 aromatic heterocycles. The van der Waals surface area contributed by atoms with Crippen LogP contribution in [0.2, 0.25) is 5.02 Å². The van der Waals surface area contributed by atoms with Gasteiger partial charge in [-0.2, -0.15) is 8.78 Å². The van der Waals surface area contributed by atoms with Gasteiger partial charge >= 0.3 is 12.3 Å². The molecule has 0 saturated carbocycles. The zero-order valence-electron chi connectivity index (χ0n) is 9.15. The van der Waals surface area contributed by atoms with Crippen molar-refractivity contribution in [3.8, 4) is 0 Å². The lowest BCUT2D eigenvalue weighted by Gasteiger charge is -2.15. The fraction of sp³-hybridized carbons (Fsp3) is 0.273. The molecule has 1 heterocycles. The van der Waals surface area contributed by atoms with Crippen molar-refractivity contribution in [2.75, 3.05) is 5.32 Å². The van der Waals surface area contributed by atoms with Crippen LogP contribution < -0.4 is 5.32 Å². The van der Waals surface area contributed by atoms with Gasteiger partial charge < -0.3 is 5.32 Å². The fourth-order valence-corrected chi connectivity index (χ4v) is 1.95. The van der Waals surface area contributed by atoms with Crippen molar-refractivity contribution in [1.82, 2.24) is 0 Å². The maximum atomic E-state index is 13.0. The van der Waals surface area contributed by atoms with Crippen molar-refractivity contribution >= 4 is 29.0 Å². The molecule has 1 aromatic rings. The summed E-state index contributed by atoms with van der Waals surface area (Å²) in [7, 11) is 0. The Hall–Kier alpha value is -1.63. The molecule has 0 atom stereocenters. The summed E-state index contributed by atoms with van der Waals surface area (Å²) in [6, 6.07) is 2.03. The lowest BCUT2D eigenvalue weighted by atomic mass is 10.0. The number of alkyl halides is 4. The van der Waals surface area contributed by atoms with Crippen LogP contribution in [0.5, 0.6) is 0 Å². The molecule has 1 aliphatic rings. The van der Waals surface area contributed by atoms with Gasteiger partial charge in [-0.05, 0) is 17.7 Å². The molecule has 1 amide bonds. The maximum absolute atomic E-state index is 13.0. The summed E-state index contributed by atoms with van der Waals surface area (Å²) in [6.45, 7) is 0. The Morgan fingerprint density at radius 3 is 2.58 bits per heavy atom. The number of benzene rings is 1. The zero-order valence-corrected chi connectivity index (χ0v) is 9.90. The van der Waals surface area contributed by atoms with Crippen molar-refractivity contribution in [3.63, 3.8) is 0 Å². The van der Waals surface area contributed by atoms with E-state index in [1.165, 1.54) is 0 Å². The molecule has 1 N–H and O–H groups in total. The standard InChI is InChI=1S/C11H6ClF4NO2/c12-6-3-7-4(2-8(18)17-7)1-5(6)9(19)11(15,16)10(13)14/h1,3,10H,2H2,(H,17,18). The summed E-state index contributed by atoms with van der Waals surface area (Å²) >= 11 is 5.61. The molecule has 19 heavy (non-hydrogen) atoms. The van der Waals surface area contributed by atoms with Crippen molar-refractivity contribution in [2.45, 2.75) is 18.8 Å². The highest BCUT2D eigenvalue weighted by atomic mass is 35.5. The molecule has 102 valence electrons. The largest absolute Gasteiger partial charge is 0.368 e. The van der Waals surface area contributed by atoms with E-state index in [2.05, 4.69) is 5.32 Å². The lowest BCUT2D eigenvalue weighted by molar-refractivity contribution is -0.115. The monoisotopic (exact) mass is 295 g/mol. The van der Waals surface area contributed by atoms with Crippen LogP contribution in [0.1, 0.15) is 15.9 Å². The molecule has 0 spiro atoms. The highest BCUT2D eigenvalue weighted by Gasteiger charge is 2.49. The van der Waals surface area contributed by atoms with Crippen molar-refractivity contribution in [1.29, 1.82) is 0 Å². The third kappa shape index (κ3) is 2.30. The van der Waals surface area contributed by atoms with E-state index < -0.39 is 34.6 Å². The molecule has 0 fully saturated rings. The van der Waals surface area contributed by atoms with Crippen LogP contribution >= 0.6 is 11.6 Å². The Kier molecular flexibility index (Phi) is 3.25. The molecule has 0 bridgehead atoms. The first-order chi connectivity index (χ1) is 8.73. The Labute approximate surface area is 109 Å². The number of carbonyl (C=O) groups excluding carboxylic acids is 2. The molecule has 0 aliphatic carbocycles. The lowest BCUT2D eigenvalue weighted by Crippen LogP contribution is -2.36. The van der Waals surface area contributed by atoms with Gasteiger partial charge in [0.1, 0.15) is 0 Å². The van der Waals surface area contributed by atoms with Gasteiger partial charge in [-0.1, -0.05) is 11.6 Å². The Morgan fingerprint density at radius 1 is 1.37 bits per heavy atom. The van der Waals surface area contributed by atoms with Crippen LogP contribution in [0.25, 0.3) is 0 Å². The highest BCUT2D eigenvalue weighted by Crippen LogP contribution is 2.34. The number of amides is 1. The number of hydrogen-bond donors (Lipinski definition) is 1. The van der Waals surface area contributed by atoms with Crippen LogP contribution in [-0.4, -0.2) is 24.0 Å². The number of halogens is 5. The predicted octanol–water partition coefficient (Wildman–Crippen LogP) is 2.92. The van der Waals surface area contributed by atoms with E-state index in [1.54, 1.807) is 0 Å². The molecule has 2 rings (SSSR count). The SMILES string of the molecule is O=C1Cc2cc(C(=O)C(F)(F)C(F)F)c(Cl)cc2N1. The summed E-state index contributed by atoms with van der Waals surface area (Å²) in [5.74, 6) is -7.26. The van der Waals surface area contributed by atoms with E-state index in [9.17, 15) is 27.2 Å². The molecular weight excluding hydrogens is 290 g/mol. The van der Waals surface area contributed by atoms with Crippen molar-refractivity contribution < 1.29 is 27.2 Å². The van der Waals surface area contributed by atoms with Crippen LogP contribution in [-0.2, 0) is 11.2 Å². The minimum absolute atomic E-state index is 0.118. The van der Waals surface area contributed by atoms with E-state index in [0.717, 1.165) is 12.1 Å². The van der Waals surface area contributed by atoms with Gasteiger partial charge in [0.2, 0.25) is 11.7 Å². The first-order valence-corrected chi connectivity index (χ1v) is 5.44. The normalized spacial score (nSPS) is 14.5. The number of rotatable bonds is 3. The molecule has 0 radical (unpaired) electrons. The smallest absolute Gasteiger partial charge is 0.325 e. The van der Waals surface area contributed by atoms with Crippen LogP contribution in [0, 0.1) is 0 Å². The van der Waals surface area contributed by atoms with Gasteiger partial charge in [-0.25, -0.2) is 8.78 Å². The molecule has 0 unspecified atom stereocenters. The number of Topliss-reactive ketones (excluding diaryl/α,β-unsaturated/α-hetero) is 1. The summed E-state index contributed by atoms with van der Waals surface area (Å²) < 4.78 is 50.3. The van der Waals surface area contributed by atoms with Crippen LogP contribution in [0.15, 0.2) is 12.1 Å². The highest BCUT2D eigenvalue weighted by molar-refractivity contribution is 6.35. The van der Waals surface area contributed by atoms with Crippen molar-refractivity contribution in [2.24, 2.45) is 0 Å². The van der Waals surface area contributed by atoms with Crippen LogP contribution in [0.3, 0.4) is 0 Å². The van der Waals surface area contributed by atoms with Gasteiger partial charge in [0.05, 0.1) is 11.4 Å². The Morgan fingerprint density at radius 2 is 2.00 bits per heavy atom. The summed E-state index contributed by atoms with van der Waals surface area (Å²) in [5, 5.41) is 1.98. The quantitative estimate of drug-likeness (QED) is 0.688. The molecule has 1 aliphatic heterocycles. The number of nitrogens with one attached hydrogen (secondary N) is 1. The van der Waals surface area contributed by atoms with E-state index in [1.807, 2.05) is 0 Å². The Bertz CT molecular complexity index is 574. The van der Waals surface area contributed by atoms with Gasteiger partial charge in [0.25, 0.3) is 0 Å². The first kappa shape index (κ1) is 13.8. The number of ketones is 1. The predicted molar refractivity (Wildman–Crippen MR) is 59.1 cm³/mol. The maximum Gasteiger partial charge on any atom is 0.368 e. The second-order valence-corrected chi connectivity index (χ2v) is 4.37. The van der Waals surface area contributed by atoms with Crippen molar-refractivity contribution in [3.05, 3.63) is 28.3 Å². The first-order valence-electron chi connectivity index (χ1n) is 5.06. The fourth-order valence-electron chi connectivity index (χ4n) is 1.70. The average molecular weight is 296 g/mol. The molecular formula is C11H6ClF4NO2. The Balaban J connectivity index is 2.45. The molecule has 0 saturated heterocycles. The summed E-state index contributed by atoms with van der Waals surface area (Å²) in [6.07, 6.45) is -4.24.